The number of fused-ring (bicyclic) bond motifs is 1. The first-order valence-corrected chi connectivity index (χ1v) is 9.42. The molecule has 0 saturated heterocycles. The van der Waals surface area contributed by atoms with Crippen molar-refractivity contribution in [3.8, 4) is 0 Å². The van der Waals surface area contributed by atoms with Crippen molar-refractivity contribution < 1.29 is 22.8 Å². The number of carbonyl (C=O) groups is 2. The molecule has 0 fully saturated rings. The van der Waals surface area contributed by atoms with E-state index in [1.165, 1.54) is 0 Å². The van der Waals surface area contributed by atoms with Crippen molar-refractivity contribution >= 4 is 28.4 Å². The lowest BCUT2D eigenvalue weighted by atomic mass is 10.1. The second kappa shape index (κ2) is 8.22. The number of aromatic nitrogens is 1. The molecule has 0 radical (unpaired) electrons. The van der Waals surface area contributed by atoms with Crippen molar-refractivity contribution in [3.63, 3.8) is 0 Å². The van der Waals surface area contributed by atoms with Gasteiger partial charge in [0.2, 0.25) is 0 Å². The molecule has 0 bridgehead atoms. The lowest BCUT2D eigenvalue weighted by molar-refractivity contribution is -0.137. The fraction of sp³-hybridized carbons (Fsp3) is 0.273. The van der Waals surface area contributed by atoms with Crippen molar-refractivity contribution in [2.24, 2.45) is 13.0 Å². The monoisotopic (exact) mass is 417 g/mol. The van der Waals surface area contributed by atoms with E-state index in [0.717, 1.165) is 35.2 Å². The molecular formula is C22H22F3N3O2. The Morgan fingerprint density at radius 2 is 1.67 bits per heavy atom. The molecule has 1 aromatic heterocycles. The van der Waals surface area contributed by atoms with Crippen molar-refractivity contribution in [1.82, 2.24) is 9.88 Å². The number of benzene rings is 2. The summed E-state index contributed by atoms with van der Waals surface area (Å²) in [4.78, 5) is 24.8. The first-order valence-electron chi connectivity index (χ1n) is 9.42. The zero-order valence-corrected chi connectivity index (χ0v) is 16.8. The van der Waals surface area contributed by atoms with Gasteiger partial charge >= 0.3 is 6.18 Å². The maximum absolute atomic E-state index is 12.7. The minimum absolute atomic E-state index is 0.116. The fourth-order valence-electron chi connectivity index (χ4n) is 3.05. The number of halogens is 3. The van der Waals surface area contributed by atoms with Crippen LogP contribution in [0.1, 0.15) is 40.3 Å². The molecular weight excluding hydrogens is 395 g/mol. The fourth-order valence-corrected chi connectivity index (χ4v) is 3.05. The Balaban J connectivity index is 1.78. The smallest absolute Gasteiger partial charge is 0.351 e. The molecule has 0 saturated carbocycles. The Labute approximate surface area is 171 Å². The molecule has 158 valence electrons. The van der Waals surface area contributed by atoms with Gasteiger partial charge in [-0.2, -0.15) is 13.2 Å². The summed E-state index contributed by atoms with van der Waals surface area (Å²) in [7, 11) is 1.78. The van der Waals surface area contributed by atoms with Crippen LogP contribution in [-0.4, -0.2) is 22.9 Å². The Hall–Kier alpha value is -3.29. The van der Waals surface area contributed by atoms with E-state index in [-0.39, 0.29) is 11.5 Å². The molecule has 0 atom stereocenters. The van der Waals surface area contributed by atoms with Crippen LogP contribution in [0.3, 0.4) is 0 Å². The summed E-state index contributed by atoms with van der Waals surface area (Å²) in [6.07, 6.45) is -4.45. The number of rotatable bonds is 5. The van der Waals surface area contributed by atoms with E-state index in [4.69, 9.17) is 0 Å². The van der Waals surface area contributed by atoms with Crippen LogP contribution in [0.4, 0.5) is 18.9 Å². The summed E-state index contributed by atoms with van der Waals surface area (Å²) in [5.74, 6) is -0.373. The van der Waals surface area contributed by atoms with E-state index in [2.05, 4.69) is 10.6 Å². The highest BCUT2D eigenvalue weighted by Crippen LogP contribution is 2.29. The molecule has 5 nitrogen and oxygen atoms in total. The number of anilines is 1. The third kappa shape index (κ3) is 4.64. The van der Waals surface area contributed by atoms with Gasteiger partial charge in [0.05, 0.1) is 5.56 Å². The number of alkyl halides is 3. The number of amides is 2. The first kappa shape index (κ1) is 21.4. The van der Waals surface area contributed by atoms with Gasteiger partial charge in [-0.25, -0.2) is 0 Å². The summed E-state index contributed by atoms with van der Waals surface area (Å²) < 4.78 is 39.8. The van der Waals surface area contributed by atoms with Crippen molar-refractivity contribution in [2.45, 2.75) is 20.0 Å². The molecule has 30 heavy (non-hydrogen) atoms. The number of hydrogen-bond acceptors (Lipinski definition) is 2. The van der Waals surface area contributed by atoms with Gasteiger partial charge in [0, 0.05) is 35.7 Å². The molecule has 1 heterocycles. The number of carbonyl (C=O) groups excluding carboxylic acids is 2. The second-order valence-electron chi connectivity index (χ2n) is 7.50. The van der Waals surface area contributed by atoms with Crippen LogP contribution >= 0.6 is 0 Å². The third-order valence-electron chi connectivity index (χ3n) is 4.68. The molecule has 2 N–H and O–H groups in total. The summed E-state index contributed by atoms with van der Waals surface area (Å²) in [5.41, 5.74) is 1.10. The lowest BCUT2D eigenvalue weighted by Gasteiger charge is -2.09. The van der Waals surface area contributed by atoms with Crippen LogP contribution in [-0.2, 0) is 13.2 Å². The number of hydrogen-bond donors (Lipinski definition) is 2. The van der Waals surface area contributed by atoms with Gasteiger partial charge in [0.15, 0.2) is 0 Å². The van der Waals surface area contributed by atoms with E-state index >= 15 is 0 Å². The number of nitrogens with one attached hydrogen (secondary N) is 2. The van der Waals surface area contributed by atoms with E-state index in [9.17, 15) is 22.8 Å². The average Bonchev–Trinajstić information content (AvgIpc) is 3.01. The van der Waals surface area contributed by atoms with Gasteiger partial charge < -0.3 is 15.2 Å². The number of aryl methyl sites for hydroxylation is 1. The molecule has 0 unspecified atom stereocenters. The molecule has 8 heteroatoms. The van der Waals surface area contributed by atoms with E-state index in [1.807, 2.05) is 13.8 Å². The van der Waals surface area contributed by atoms with E-state index in [1.54, 1.807) is 35.9 Å². The molecule has 2 aromatic carbocycles. The minimum Gasteiger partial charge on any atom is -0.351 e. The maximum Gasteiger partial charge on any atom is 0.416 e. The molecule has 0 aliphatic rings. The van der Waals surface area contributed by atoms with Crippen LogP contribution < -0.4 is 10.6 Å². The summed E-state index contributed by atoms with van der Waals surface area (Å²) in [6, 6.07) is 10.9. The highest BCUT2D eigenvalue weighted by Gasteiger charge is 2.30. The number of nitrogens with zero attached hydrogens (tertiary/aromatic N) is 1. The highest BCUT2D eigenvalue weighted by molar-refractivity contribution is 6.06. The van der Waals surface area contributed by atoms with E-state index < -0.39 is 17.6 Å². The normalized spacial score (nSPS) is 11.7. The molecule has 0 spiro atoms. The molecule has 0 aliphatic carbocycles. The summed E-state index contributed by atoms with van der Waals surface area (Å²) >= 11 is 0. The largest absolute Gasteiger partial charge is 0.416 e. The van der Waals surface area contributed by atoms with Gasteiger partial charge in [-0.1, -0.05) is 13.8 Å². The summed E-state index contributed by atoms with van der Waals surface area (Å²) in [5, 5.41) is 6.31. The minimum atomic E-state index is -4.45. The molecule has 3 rings (SSSR count). The van der Waals surface area contributed by atoms with Gasteiger partial charge in [-0.05, 0) is 54.4 Å². The Morgan fingerprint density at radius 1 is 1.00 bits per heavy atom. The Morgan fingerprint density at radius 3 is 2.27 bits per heavy atom. The Bertz CT molecular complexity index is 1080. The van der Waals surface area contributed by atoms with Crippen LogP contribution in [0.2, 0.25) is 0 Å². The first-order chi connectivity index (χ1) is 14.1. The summed E-state index contributed by atoms with van der Waals surface area (Å²) in [6.45, 7) is 4.58. The molecule has 3 aromatic rings. The van der Waals surface area contributed by atoms with Gasteiger partial charge in [0.1, 0.15) is 5.69 Å². The zero-order valence-electron chi connectivity index (χ0n) is 16.8. The zero-order chi connectivity index (χ0) is 22.1. The van der Waals surface area contributed by atoms with Gasteiger partial charge in [-0.3, -0.25) is 9.59 Å². The lowest BCUT2D eigenvalue weighted by Crippen LogP contribution is -2.28. The van der Waals surface area contributed by atoms with Crippen LogP contribution in [0, 0.1) is 5.92 Å². The topological polar surface area (TPSA) is 63.1 Å². The maximum atomic E-state index is 12.7. The quantitative estimate of drug-likeness (QED) is 0.624. The predicted octanol–water partition coefficient (Wildman–Crippen LogP) is 4.84. The standard InChI is InChI=1S/C22H22F3N3O2/c1-13(2)12-26-21(30)19-11-15-10-17(8-9-18(15)28(19)3)27-20(29)14-4-6-16(7-5-14)22(23,24)25/h4-11,13H,12H2,1-3H3,(H,26,30)(H,27,29). The second-order valence-corrected chi connectivity index (χ2v) is 7.50. The van der Waals surface area contributed by atoms with Crippen LogP contribution in [0.15, 0.2) is 48.5 Å². The van der Waals surface area contributed by atoms with Crippen molar-refractivity contribution in [3.05, 3.63) is 65.4 Å². The van der Waals surface area contributed by atoms with E-state index in [0.29, 0.717) is 23.8 Å². The molecule has 0 aliphatic heterocycles. The Kier molecular flexibility index (Phi) is 5.87. The van der Waals surface area contributed by atoms with Crippen molar-refractivity contribution in [2.75, 3.05) is 11.9 Å². The SMILES string of the molecule is CC(C)CNC(=O)c1cc2cc(NC(=O)c3ccc(C(F)(F)F)cc3)ccc2n1C. The van der Waals surface area contributed by atoms with Crippen LogP contribution in [0.25, 0.3) is 10.9 Å². The van der Waals surface area contributed by atoms with Crippen LogP contribution in [0.5, 0.6) is 0 Å². The van der Waals surface area contributed by atoms with Gasteiger partial charge in [0.25, 0.3) is 11.8 Å². The van der Waals surface area contributed by atoms with Crippen molar-refractivity contribution in [1.29, 1.82) is 0 Å². The highest BCUT2D eigenvalue weighted by atomic mass is 19.4. The third-order valence-corrected chi connectivity index (χ3v) is 4.68. The predicted molar refractivity (Wildman–Crippen MR) is 109 cm³/mol. The molecule has 2 amide bonds. The van der Waals surface area contributed by atoms with Gasteiger partial charge in [-0.15, -0.1) is 0 Å². The average molecular weight is 417 g/mol.